The van der Waals surface area contributed by atoms with Gasteiger partial charge in [-0.3, -0.25) is 4.79 Å². The van der Waals surface area contributed by atoms with Crippen LogP contribution in [0.2, 0.25) is 0 Å². The summed E-state index contributed by atoms with van der Waals surface area (Å²) in [5.74, 6) is -0.164. The maximum Gasteiger partial charge on any atom is 0.303 e. The molecule has 1 aromatic heterocycles. The van der Waals surface area contributed by atoms with E-state index in [4.69, 9.17) is 5.11 Å². The summed E-state index contributed by atoms with van der Waals surface area (Å²) in [5.41, 5.74) is 2.01. The topological polar surface area (TPSA) is 80.9 Å². The molecule has 2 rings (SSSR count). The van der Waals surface area contributed by atoms with Crippen LogP contribution in [0.5, 0.6) is 0 Å². The summed E-state index contributed by atoms with van der Waals surface area (Å²) in [6.07, 6.45) is 0.608. The lowest BCUT2D eigenvalue weighted by Gasteiger charge is -2.05. The summed E-state index contributed by atoms with van der Waals surface area (Å²) in [7, 11) is 0. The summed E-state index contributed by atoms with van der Waals surface area (Å²) in [5, 5.41) is 20.2. The lowest BCUT2D eigenvalue weighted by Crippen LogP contribution is -2.05. The van der Waals surface area contributed by atoms with E-state index in [0.29, 0.717) is 18.8 Å². The monoisotopic (exact) mass is 324 g/mol. The van der Waals surface area contributed by atoms with E-state index in [9.17, 15) is 4.79 Å². The second kappa shape index (κ2) is 5.92. The Balaban J connectivity index is 2.21. The van der Waals surface area contributed by atoms with Gasteiger partial charge in [-0.2, -0.15) is 0 Å². The average Bonchev–Trinajstić information content (AvgIpc) is 2.75. The van der Waals surface area contributed by atoms with Gasteiger partial charge in [0, 0.05) is 23.0 Å². The maximum atomic E-state index is 10.5. The van der Waals surface area contributed by atoms with Crippen molar-refractivity contribution in [1.29, 1.82) is 0 Å². The molecule has 2 aromatic rings. The summed E-state index contributed by atoms with van der Waals surface area (Å²) >= 11 is 3.44. The lowest BCUT2D eigenvalue weighted by atomic mass is 10.1. The molecule has 0 spiro atoms. The summed E-state index contributed by atoms with van der Waals surface area (Å²) < 4.78 is 2.59. The first-order valence-electron chi connectivity index (χ1n) is 5.82. The van der Waals surface area contributed by atoms with Crippen LogP contribution < -0.4 is 0 Å². The third-order valence-corrected chi connectivity index (χ3v) is 3.05. The number of aliphatic carboxylic acids is 1. The highest BCUT2D eigenvalue weighted by Gasteiger charge is 2.10. The molecule has 6 nitrogen and oxygen atoms in total. The highest BCUT2D eigenvalue weighted by atomic mass is 79.9. The minimum absolute atomic E-state index is 0.108. The molecule has 0 unspecified atom stereocenters. The number of aromatic nitrogens is 4. The van der Waals surface area contributed by atoms with Crippen LogP contribution in [0.25, 0.3) is 11.4 Å². The van der Waals surface area contributed by atoms with Crippen molar-refractivity contribution >= 4 is 21.9 Å². The molecule has 0 aliphatic heterocycles. The highest BCUT2D eigenvalue weighted by molar-refractivity contribution is 9.10. The standard InChI is InChI=1S/C12H13BrN4O2/c1-8-5-9(7-10(13)6-8)12-14-15-16-17(12)4-2-3-11(18)19/h5-7H,2-4H2,1H3,(H,18,19). The van der Waals surface area contributed by atoms with E-state index in [1.165, 1.54) is 0 Å². The van der Waals surface area contributed by atoms with E-state index in [-0.39, 0.29) is 6.42 Å². The van der Waals surface area contributed by atoms with Crippen molar-refractivity contribution < 1.29 is 9.90 Å². The number of hydrogen-bond donors (Lipinski definition) is 1. The molecule has 19 heavy (non-hydrogen) atoms. The number of nitrogens with zero attached hydrogens (tertiary/aromatic N) is 4. The van der Waals surface area contributed by atoms with Crippen molar-refractivity contribution in [3.8, 4) is 11.4 Å². The van der Waals surface area contributed by atoms with Crippen LogP contribution in [-0.2, 0) is 11.3 Å². The smallest absolute Gasteiger partial charge is 0.303 e. The van der Waals surface area contributed by atoms with Gasteiger partial charge >= 0.3 is 5.97 Å². The quantitative estimate of drug-likeness (QED) is 0.912. The zero-order valence-corrected chi connectivity index (χ0v) is 12.0. The molecular formula is C12H13BrN4O2. The van der Waals surface area contributed by atoms with Crippen LogP contribution in [0.1, 0.15) is 18.4 Å². The third kappa shape index (κ3) is 3.60. The number of tetrazole rings is 1. The Labute approximate surface area is 118 Å². The van der Waals surface area contributed by atoms with Gasteiger partial charge in [-0.1, -0.05) is 15.9 Å². The lowest BCUT2D eigenvalue weighted by molar-refractivity contribution is -0.137. The van der Waals surface area contributed by atoms with E-state index in [0.717, 1.165) is 15.6 Å². The van der Waals surface area contributed by atoms with E-state index in [1.54, 1.807) is 4.68 Å². The molecule has 1 heterocycles. The Morgan fingerprint density at radius 1 is 1.42 bits per heavy atom. The van der Waals surface area contributed by atoms with Crippen molar-refractivity contribution in [3.05, 3.63) is 28.2 Å². The first-order chi connectivity index (χ1) is 9.06. The van der Waals surface area contributed by atoms with Crippen molar-refractivity contribution in [3.63, 3.8) is 0 Å². The van der Waals surface area contributed by atoms with Gasteiger partial charge in [-0.05, 0) is 47.5 Å². The summed E-state index contributed by atoms with van der Waals surface area (Å²) in [6, 6.07) is 5.93. The van der Waals surface area contributed by atoms with Crippen molar-refractivity contribution in [1.82, 2.24) is 20.2 Å². The largest absolute Gasteiger partial charge is 0.481 e. The summed E-state index contributed by atoms with van der Waals surface area (Å²) in [4.78, 5) is 10.5. The van der Waals surface area contributed by atoms with Gasteiger partial charge in [0.15, 0.2) is 5.82 Å². The van der Waals surface area contributed by atoms with Gasteiger partial charge in [0.1, 0.15) is 0 Å². The van der Waals surface area contributed by atoms with Gasteiger partial charge in [-0.15, -0.1) is 5.10 Å². The predicted octanol–water partition coefficient (Wildman–Crippen LogP) is 2.28. The van der Waals surface area contributed by atoms with Crippen LogP contribution in [0.4, 0.5) is 0 Å². The third-order valence-electron chi connectivity index (χ3n) is 2.59. The number of carboxylic acids is 1. The normalized spacial score (nSPS) is 10.6. The molecule has 0 aliphatic rings. The van der Waals surface area contributed by atoms with Crippen molar-refractivity contribution in [2.45, 2.75) is 26.3 Å². The van der Waals surface area contributed by atoms with Gasteiger partial charge < -0.3 is 5.11 Å². The first kappa shape index (κ1) is 13.7. The number of benzene rings is 1. The van der Waals surface area contributed by atoms with Crippen LogP contribution in [0, 0.1) is 6.92 Å². The fraction of sp³-hybridized carbons (Fsp3) is 0.333. The molecule has 100 valence electrons. The van der Waals surface area contributed by atoms with Gasteiger partial charge in [0.2, 0.25) is 0 Å². The molecule has 1 aromatic carbocycles. The van der Waals surface area contributed by atoms with Crippen molar-refractivity contribution in [2.24, 2.45) is 0 Å². The Bertz CT molecular complexity index is 577. The van der Waals surface area contributed by atoms with E-state index in [2.05, 4.69) is 31.5 Å². The number of aryl methyl sites for hydroxylation is 2. The van der Waals surface area contributed by atoms with E-state index < -0.39 is 5.97 Å². The maximum absolute atomic E-state index is 10.5. The fourth-order valence-electron chi connectivity index (χ4n) is 1.81. The van der Waals surface area contributed by atoms with Crippen LogP contribution in [0.3, 0.4) is 0 Å². The second-order valence-corrected chi connectivity index (χ2v) is 5.16. The summed E-state index contributed by atoms with van der Waals surface area (Å²) in [6.45, 7) is 2.48. The Morgan fingerprint density at radius 3 is 2.89 bits per heavy atom. The molecule has 0 saturated heterocycles. The molecule has 0 radical (unpaired) electrons. The van der Waals surface area contributed by atoms with Gasteiger partial charge in [0.25, 0.3) is 0 Å². The van der Waals surface area contributed by atoms with E-state index >= 15 is 0 Å². The Hall–Kier alpha value is -1.76. The molecule has 0 fully saturated rings. The zero-order valence-electron chi connectivity index (χ0n) is 10.4. The minimum Gasteiger partial charge on any atom is -0.481 e. The van der Waals surface area contributed by atoms with E-state index in [1.807, 2.05) is 25.1 Å². The number of hydrogen-bond acceptors (Lipinski definition) is 4. The Kier molecular flexibility index (Phi) is 4.26. The van der Waals surface area contributed by atoms with Gasteiger partial charge in [0.05, 0.1) is 0 Å². The SMILES string of the molecule is Cc1cc(Br)cc(-c2nnnn2CCCC(=O)O)c1. The van der Waals surface area contributed by atoms with Crippen LogP contribution in [-0.4, -0.2) is 31.3 Å². The number of carboxylic acid groups (broad SMARTS) is 1. The molecule has 0 saturated carbocycles. The van der Waals surface area contributed by atoms with Crippen molar-refractivity contribution in [2.75, 3.05) is 0 Å². The second-order valence-electron chi connectivity index (χ2n) is 4.24. The zero-order chi connectivity index (χ0) is 13.8. The molecule has 0 aliphatic carbocycles. The Morgan fingerprint density at radius 2 is 2.21 bits per heavy atom. The average molecular weight is 325 g/mol. The molecular weight excluding hydrogens is 312 g/mol. The van der Waals surface area contributed by atoms with Crippen LogP contribution >= 0.6 is 15.9 Å². The highest BCUT2D eigenvalue weighted by Crippen LogP contribution is 2.23. The number of rotatable bonds is 5. The first-order valence-corrected chi connectivity index (χ1v) is 6.61. The predicted molar refractivity (Wildman–Crippen MR) is 72.6 cm³/mol. The fourth-order valence-corrected chi connectivity index (χ4v) is 2.42. The molecule has 0 amide bonds. The molecule has 7 heteroatoms. The molecule has 0 atom stereocenters. The number of halogens is 1. The van der Waals surface area contributed by atoms with Gasteiger partial charge in [-0.25, -0.2) is 4.68 Å². The number of carbonyl (C=O) groups is 1. The minimum atomic E-state index is -0.812. The van der Waals surface area contributed by atoms with Crippen LogP contribution in [0.15, 0.2) is 22.7 Å². The molecule has 1 N–H and O–H groups in total. The molecule has 0 bridgehead atoms.